The summed E-state index contributed by atoms with van der Waals surface area (Å²) < 4.78 is 2.58. The molecule has 0 saturated heterocycles. The van der Waals surface area contributed by atoms with Crippen molar-refractivity contribution in [3.63, 3.8) is 0 Å². The SMILES string of the molecule is BrNc1ncncn1. The zero-order chi connectivity index (χ0) is 5.82. The topological polar surface area (TPSA) is 50.7 Å². The summed E-state index contributed by atoms with van der Waals surface area (Å²) >= 11 is 2.95. The minimum Gasteiger partial charge on any atom is -0.291 e. The van der Waals surface area contributed by atoms with Crippen molar-refractivity contribution in [2.24, 2.45) is 0 Å². The number of hydrogen-bond donors (Lipinski definition) is 1. The first-order chi connectivity index (χ1) is 3.93. The van der Waals surface area contributed by atoms with Crippen LogP contribution in [0.3, 0.4) is 0 Å². The molecule has 0 saturated carbocycles. The third-order valence-corrected chi connectivity index (χ3v) is 0.933. The zero-order valence-corrected chi connectivity index (χ0v) is 5.46. The Bertz CT molecular complexity index is 153. The summed E-state index contributed by atoms with van der Waals surface area (Å²) in [5.41, 5.74) is 0. The van der Waals surface area contributed by atoms with Crippen molar-refractivity contribution in [2.45, 2.75) is 0 Å². The van der Waals surface area contributed by atoms with Crippen molar-refractivity contribution in [1.82, 2.24) is 15.0 Å². The molecule has 42 valence electrons. The summed E-state index contributed by atoms with van der Waals surface area (Å²) in [6.45, 7) is 0. The molecule has 0 spiro atoms. The lowest BCUT2D eigenvalue weighted by molar-refractivity contribution is 1.06. The summed E-state index contributed by atoms with van der Waals surface area (Å²) in [6.07, 6.45) is 2.83. The molecule has 0 amide bonds. The molecule has 1 aromatic heterocycles. The van der Waals surface area contributed by atoms with Gasteiger partial charge in [0.25, 0.3) is 0 Å². The molecule has 0 aliphatic heterocycles. The Labute approximate surface area is 54.7 Å². The molecule has 5 heteroatoms. The Kier molecular flexibility index (Phi) is 1.74. The van der Waals surface area contributed by atoms with Gasteiger partial charge in [-0.1, -0.05) is 0 Å². The van der Waals surface area contributed by atoms with Crippen LogP contribution in [0.25, 0.3) is 0 Å². The van der Waals surface area contributed by atoms with Crippen molar-refractivity contribution < 1.29 is 0 Å². The number of hydrogen-bond acceptors (Lipinski definition) is 4. The molecule has 0 fully saturated rings. The summed E-state index contributed by atoms with van der Waals surface area (Å²) in [6, 6.07) is 0. The minimum absolute atomic E-state index is 0.514. The van der Waals surface area contributed by atoms with E-state index in [-0.39, 0.29) is 0 Å². The number of halogens is 1. The predicted octanol–water partition coefficient (Wildman–Crippen LogP) is 0.593. The van der Waals surface area contributed by atoms with Crippen LogP contribution >= 0.6 is 16.1 Å². The maximum absolute atomic E-state index is 3.72. The molecule has 1 heterocycles. The van der Waals surface area contributed by atoms with Crippen LogP contribution < -0.4 is 4.34 Å². The Morgan fingerprint density at radius 3 is 2.38 bits per heavy atom. The van der Waals surface area contributed by atoms with E-state index in [1.165, 1.54) is 12.7 Å². The first-order valence-electron chi connectivity index (χ1n) is 1.92. The molecule has 0 unspecified atom stereocenters. The lowest BCUT2D eigenvalue weighted by Gasteiger charge is -1.88. The largest absolute Gasteiger partial charge is 0.291 e. The van der Waals surface area contributed by atoms with Crippen molar-refractivity contribution in [3.05, 3.63) is 12.7 Å². The first-order valence-corrected chi connectivity index (χ1v) is 2.71. The van der Waals surface area contributed by atoms with Gasteiger partial charge in [-0.05, 0) is 0 Å². The van der Waals surface area contributed by atoms with Crippen LogP contribution in [0.15, 0.2) is 12.7 Å². The van der Waals surface area contributed by atoms with E-state index in [2.05, 4.69) is 35.4 Å². The smallest absolute Gasteiger partial charge is 0.235 e. The van der Waals surface area contributed by atoms with E-state index in [1.807, 2.05) is 0 Å². The highest BCUT2D eigenvalue weighted by molar-refractivity contribution is 9.10. The molecule has 1 rings (SSSR count). The lowest BCUT2D eigenvalue weighted by Crippen LogP contribution is -1.88. The fourth-order valence-electron chi connectivity index (χ4n) is 0.288. The average Bonchev–Trinajstić information content (AvgIpc) is 1.90. The molecule has 4 nitrogen and oxygen atoms in total. The Morgan fingerprint density at radius 1 is 1.38 bits per heavy atom. The van der Waals surface area contributed by atoms with E-state index >= 15 is 0 Å². The zero-order valence-electron chi connectivity index (χ0n) is 3.87. The molecule has 0 bridgehead atoms. The number of aromatic nitrogens is 3. The van der Waals surface area contributed by atoms with E-state index in [0.29, 0.717) is 5.95 Å². The second-order valence-corrected chi connectivity index (χ2v) is 1.45. The van der Waals surface area contributed by atoms with Crippen molar-refractivity contribution >= 4 is 22.1 Å². The minimum atomic E-state index is 0.514. The number of anilines is 1. The predicted molar refractivity (Wildman–Crippen MR) is 32.4 cm³/mol. The van der Waals surface area contributed by atoms with E-state index in [0.717, 1.165) is 0 Å². The van der Waals surface area contributed by atoms with E-state index in [9.17, 15) is 0 Å². The van der Waals surface area contributed by atoms with Gasteiger partial charge < -0.3 is 0 Å². The molecule has 8 heavy (non-hydrogen) atoms. The summed E-state index contributed by atoms with van der Waals surface area (Å²) in [4.78, 5) is 11.0. The monoisotopic (exact) mass is 174 g/mol. The van der Waals surface area contributed by atoms with E-state index < -0.39 is 0 Å². The van der Waals surface area contributed by atoms with Crippen molar-refractivity contribution in [3.8, 4) is 0 Å². The van der Waals surface area contributed by atoms with Gasteiger partial charge in [0, 0.05) is 16.1 Å². The van der Waals surface area contributed by atoms with Crippen LogP contribution in [-0.4, -0.2) is 15.0 Å². The van der Waals surface area contributed by atoms with Crippen LogP contribution in [0.1, 0.15) is 0 Å². The van der Waals surface area contributed by atoms with Gasteiger partial charge >= 0.3 is 0 Å². The lowest BCUT2D eigenvalue weighted by atomic mass is 11.0. The third-order valence-electron chi connectivity index (χ3n) is 0.578. The van der Waals surface area contributed by atoms with E-state index in [4.69, 9.17) is 0 Å². The van der Waals surface area contributed by atoms with Gasteiger partial charge in [-0.3, -0.25) is 4.34 Å². The number of rotatable bonds is 1. The molecule has 1 aromatic rings. The normalized spacial score (nSPS) is 8.62. The first kappa shape index (κ1) is 5.43. The third kappa shape index (κ3) is 1.13. The average molecular weight is 175 g/mol. The van der Waals surface area contributed by atoms with Crippen LogP contribution in [0.5, 0.6) is 0 Å². The molecule has 0 aromatic carbocycles. The van der Waals surface area contributed by atoms with Gasteiger partial charge in [-0.15, -0.1) is 0 Å². The van der Waals surface area contributed by atoms with Gasteiger partial charge in [0.2, 0.25) is 5.95 Å². The summed E-state index contributed by atoms with van der Waals surface area (Å²) in [5.74, 6) is 0.514. The van der Waals surface area contributed by atoms with Crippen LogP contribution in [-0.2, 0) is 0 Å². The second-order valence-electron chi connectivity index (χ2n) is 1.06. The highest BCUT2D eigenvalue weighted by Gasteiger charge is 1.83. The molecule has 0 aliphatic carbocycles. The van der Waals surface area contributed by atoms with Crippen molar-refractivity contribution in [1.29, 1.82) is 0 Å². The van der Waals surface area contributed by atoms with Gasteiger partial charge in [-0.25, -0.2) is 15.0 Å². The fraction of sp³-hybridized carbons (Fsp3) is 0. The number of nitrogens with one attached hydrogen (secondary N) is 1. The standard InChI is InChI=1S/C3H3BrN4/c4-8-3-6-1-5-2-7-3/h1-2H,(H,5,6,7,8). The van der Waals surface area contributed by atoms with Crippen LogP contribution in [0.4, 0.5) is 5.95 Å². The molecular formula is C3H3BrN4. The molecule has 1 N–H and O–H groups in total. The van der Waals surface area contributed by atoms with Gasteiger partial charge in [0.1, 0.15) is 12.7 Å². The maximum Gasteiger partial charge on any atom is 0.235 e. The highest BCUT2D eigenvalue weighted by atomic mass is 79.9. The number of nitrogens with zero attached hydrogens (tertiary/aromatic N) is 3. The maximum atomic E-state index is 3.72. The molecule has 0 aliphatic rings. The molecule has 0 atom stereocenters. The summed E-state index contributed by atoms with van der Waals surface area (Å²) in [7, 11) is 0. The van der Waals surface area contributed by atoms with Gasteiger partial charge in [0.05, 0.1) is 0 Å². The molecular weight excluding hydrogens is 172 g/mol. The quantitative estimate of drug-likeness (QED) is 0.634. The highest BCUT2D eigenvalue weighted by Crippen LogP contribution is 1.92. The summed E-state index contributed by atoms with van der Waals surface area (Å²) in [5, 5.41) is 0. The van der Waals surface area contributed by atoms with Crippen LogP contribution in [0.2, 0.25) is 0 Å². The van der Waals surface area contributed by atoms with E-state index in [1.54, 1.807) is 0 Å². The second kappa shape index (κ2) is 2.56. The van der Waals surface area contributed by atoms with Gasteiger partial charge in [-0.2, -0.15) is 0 Å². The van der Waals surface area contributed by atoms with Gasteiger partial charge in [0.15, 0.2) is 0 Å². The Hall–Kier alpha value is -0.710. The van der Waals surface area contributed by atoms with Crippen LogP contribution in [0, 0.1) is 0 Å². The van der Waals surface area contributed by atoms with Crippen molar-refractivity contribution in [2.75, 3.05) is 4.34 Å². The Balaban J connectivity index is 2.83. The fourth-order valence-corrected chi connectivity index (χ4v) is 0.493. The molecule has 0 radical (unpaired) electrons. The Morgan fingerprint density at radius 2 is 2.00 bits per heavy atom.